The summed E-state index contributed by atoms with van der Waals surface area (Å²) in [6, 6.07) is 1.13. The van der Waals surface area contributed by atoms with Crippen LogP contribution in [0.3, 0.4) is 0 Å². The molecule has 0 aromatic heterocycles. The van der Waals surface area contributed by atoms with Crippen molar-refractivity contribution in [2.75, 3.05) is 0 Å². The van der Waals surface area contributed by atoms with Gasteiger partial charge in [-0.15, -0.1) is 0 Å². The van der Waals surface area contributed by atoms with E-state index in [4.69, 9.17) is 0 Å². The van der Waals surface area contributed by atoms with Crippen molar-refractivity contribution in [2.24, 2.45) is 16.7 Å². The summed E-state index contributed by atoms with van der Waals surface area (Å²) in [5, 5.41) is 2.84. The molecule has 2 unspecified atom stereocenters. The average Bonchev–Trinajstić information content (AvgIpc) is 2.66. The Morgan fingerprint density at radius 2 is 1.52 bits per heavy atom. The van der Waals surface area contributed by atoms with Gasteiger partial charge in [0.05, 0.1) is 16.5 Å². The molecule has 3 rings (SSSR count). The number of nitrogens with one attached hydrogen (secondary N) is 1. The SMILES string of the molecule is CC12CCC([C@H](Cc3cc(C(F)(F)F)cc(C(F)(F)F)c3)NC1=O)C2(C)C. The largest absolute Gasteiger partial charge is 0.416 e. The quantitative estimate of drug-likeness (QED) is 0.687. The van der Waals surface area contributed by atoms with Crippen LogP contribution in [0.2, 0.25) is 0 Å². The van der Waals surface area contributed by atoms with E-state index in [9.17, 15) is 31.1 Å². The van der Waals surface area contributed by atoms with Crippen LogP contribution in [-0.4, -0.2) is 11.9 Å². The fourth-order valence-corrected chi connectivity index (χ4v) is 4.66. The van der Waals surface area contributed by atoms with Crippen LogP contribution in [0.4, 0.5) is 26.3 Å². The minimum atomic E-state index is -4.88. The summed E-state index contributed by atoms with van der Waals surface area (Å²) < 4.78 is 78.4. The molecule has 1 aliphatic carbocycles. The Labute approximate surface area is 153 Å². The molecule has 1 saturated carbocycles. The van der Waals surface area contributed by atoms with E-state index in [1.807, 2.05) is 20.8 Å². The van der Waals surface area contributed by atoms with E-state index in [0.29, 0.717) is 12.8 Å². The molecule has 2 bridgehead atoms. The highest BCUT2D eigenvalue weighted by Crippen LogP contribution is 2.59. The third kappa shape index (κ3) is 3.21. The third-order valence-electron chi connectivity index (χ3n) is 6.71. The number of halogens is 6. The maximum Gasteiger partial charge on any atom is 0.416 e. The second-order valence-corrected chi connectivity index (χ2v) is 8.40. The number of alkyl halides is 6. The highest BCUT2D eigenvalue weighted by Gasteiger charge is 2.61. The Bertz CT molecular complexity index is 734. The van der Waals surface area contributed by atoms with Gasteiger partial charge in [-0.2, -0.15) is 26.3 Å². The average molecular weight is 393 g/mol. The minimum absolute atomic E-state index is 0.0101. The molecule has 1 N–H and O–H groups in total. The lowest BCUT2D eigenvalue weighted by atomic mass is 9.60. The molecule has 3 atom stereocenters. The van der Waals surface area contributed by atoms with Crippen molar-refractivity contribution >= 4 is 5.91 Å². The predicted octanol–water partition coefficient (Wildman–Crippen LogP) is 5.21. The topological polar surface area (TPSA) is 29.1 Å². The number of amides is 1. The van der Waals surface area contributed by atoms with Crippen LogP contribution in [0.1, 0.15) is 50.3 Å². The van der Waals surface area contributed by atoms with Crippen molar-refractivity contribution in [3.8, 4) is 0 Å². The van der Waals surface area contributed by atoms with Crippen LogP contribution in [0.15, 0.2) is 18.2 Å². The van der Waals surface area contributed by atoms with Crippen LogP contribution in [0, 0.1) is 16.7 Å². The normalized spacial score (nSPS) is 30.3. The highest BCUT2D eigenvalue weighted by molar-refractivity contribution is 5.85. The first-order chi connectivity index (χ1) is 12.2. The van der Waals surface area contributed by atoms with Gasteiger partial charge in [0.2, 0.25) is 5.91 Å². The Morgan fingerprint density at radius 3 is 2.00 bits per heavy atom. The van der Waals surface area contributed by atoms with Crippen LogP contribution in [-0.2, 0) is 23.6 Å². The van der Waals surface area contributed by atoms with Crippen LogP contribution < -0.4 is 5.32 Å². The molecular weight excluding hydrogens is 372 g/mol. The summed E-state index contributed by atoms with van der Waals surface area (Å²) in [6.45, 7) is 5.76. The van der Waals surface area contributed by atoms with Crippen molar-refractivity contribution < 1.29 is 31.1 Å². The Hall–Kier alpha value is -1.73. The van der Waals surface area contributed by atoms with E-state index in [2.05, 4.69) is 5.32 Å². The van der Waals surface area contributed by atoms with Gasteiger partial charge in [-0.25, -0.2) is 0 Å². The van der Waals surface area contributed by atoms with E-state index in [1.54, 1.807) is 0 Å². The summed E-state index contributed by atoms with van der Waals surface area (Å²) in [7, 11) is 0. The van der Waals surface area contributed by atoms with E-state index >= 15 is 0 Å². The van der Waals surface area contributed by atoms with Crippen LogP contribution in [0.5, 0.6) is 0 Å². The lowest BCUT2D eigenvalue weighted by Gasteiger charge is -2.48. The van der Waals surface area contributed by atoms with E-state index in [0.717, 1.165) is 12.1 Å². The first-order valence-electron chi connectivity index (χ1n) is 8.75. The molecule has 2 nitrogen and oxygen atoms in total. The van der Waals surface area contributed by atoms with Gasteiger partial charge in [0.15, 0.2) is 0 Å². The van der Waals surface area contributed by atoms with Crippen LogP contribution >= 0.6 is 0 Å². The zero-order valence-corrected chi connectivity index (χ0v) is 15.2. The Morgan fingerprint density at radius 1 is 1.00 bits per heavy atom. The fourth-order valence-electron chi connectivity index (χ4n) is 4.66. The van der Waals surface area contributed by atoms with Crippen molar-refractivity contribution in [3.63, 3.8) is 0 Å². The molecule has 1 amide bonds. The van der Waals surface area contributed by atoms with E-state index < -0.39 is 34.9 Å². The molecule has 8 heteroatoms. The number of hydrogen-bond acceptors (Lipinski definition) is 1. The first kappa shape index (κ1) is 20.0. The maximum absolute atomic E-state index is 13.1. The summed E-state index contributed by atoms with van der Waals surface area (Å²) in [5.41, 5.74) is -3.68. The van der Waals surface area contributed by atoms with Crippen LogP contribution in [0.25, 0.3) is 0 Å². The molecule has 2 aliphatic rings. The minimum Gasteiger partial charge on any atom is -0.352 e. The molecule has 2 fully saturated rings. The summed E-state index contributed by atoms with van der Waals surface area (Å²) in [6.07, 6.45) is -8.46. The first-order valence-corrected chi connectivity index (χ1v) is 8.75. The lowest BCUT2D eigenvalue weighted by molar-refractivity contribution is -0.144. The van der Waals surface area contributed by atoms with Crippen molar-refractivity contribution in [2.45, 2.75) is 58.4 Å². The smallest absolute Gasteiger partial charge is 0.352 e. The van der Waals surface area contributed by atoms with Gasteiger partial charge < -0.3 is 5.32 Å². The van der Waals surface area contributed by atoms with Crippen molar-refractivity contribution in [3.05, 3.63) is 34.9 Å². The number of benzene rings is 1. The van der Waals surface area contributed by atoms with Gasteiger partial charge in [-0.3, -0.25) is 4.79 Å². The molecule has 0 radical (unpaired) electrons. The van der Waals surface area contributed by atoms with Gasteiger partial charge >= 0.3 is 12.4 Å². The summed E-state index contributed by atoms with van der Waals surface area (Å²) >= 11 is 0. The zero-order valence-electron chi connectivity index (χ0n) is 15.2. The lowest BCUT2D eigenvalue weighted by Crippen LogP contribution is -2.59. The van der Waals surface area contributed by atoms with Gasteiger partial charge in [0.25, 0.3) is 0 Å². The van der Waals surface area contributed by atoms with Crippen molar-refractivity contribution in [1.29, 1.82) is 0 Å². The van der Waals surface area contributed by atoms with Crippen molar-refractivity contribution in [1.82, 2.24) is 5.32 Å². The number of hydrogen-bond donors (Lipinski definition) is 1. The Balaban J connectivity index is 1.97. The Kier molecular flexibility index (Phi) is 4.36. The summed E-state index contributed by atoms with van der Waals surface area (Å²) in [4.78, 5) is 12.6. The van der Waals surface area contributed by atoms with E-state index in [1.165, 1.54) is 0 Å². The number of piperidine rings is 1. The molecule has 1 aliphatic heterocycles. The molecule has 1 heterocycles. The number of fused-ring (bicyclic) bond motifs is 2. The second-order valence-electron chi connectivity index (χ2n) is 8.40. The zero-order chi connectivity index (χ0) is 20.4. The molecule has 27 heavy (non-hydrogen) atoms. The van der Waals surface area contributed by atoms with E-state index in [-0.39, 0.29) is 35.3 Å². The summed E-state index contributed by atoms with van der Waals surface area (Å²) in [5.74, 6) is -0.196. The highest BCUT2D eigenvalue weighted by atomic mass is 19.4. The molecule has 1 aromatic rings. The number of rotatable bonds is 2. The molecule has 0 spiro atoms. The number of carbonyl (C=O) groups is 1. The standard InChI is InChI=1S/C19H21F6NO/c1-16(2)13-4-5-17(16,3)15(27)26-14(13)8-10-6-11(18(20,21)22)9-12(7-10)19(23,24)25/h6-7,9,13-14H,4-5,8H2,1-3H3,(H,26,27)/t13?,14-,17?/m0/s1. The fraction of sp³-hybridized carbons (Fsp3) is 0.632. The maximum atomic E-state index is 13.1. The second kappa shape index (κ2) is 5.88. The monoisotopic (exact) mass is 393 g/mol. The molecule has 1 aromatic carbocycles. The molecule has 1 saturated heterocycles. The van der Waals surface area contributed by atoms with Gasteiger partial charge in [-0.05, 0) is 54.4 Å². The predicted molar refractivity (Wildman–Crippen MR) is 86.7 cm³/mol. The van der Waals surface area contributed by atoms with Gasteiger partial charge in [0.1, 0.15) is 0 Å². The third-order valence-corrected chi connectivity index (χ3v) is 6.71. The molecular formula is C19H21F6NO. The number of carbonyl (C=O) groups excluding carboxylic acids is 1. The molecule has 150 valence electrons. The van der Waals surface area contributed by atoms with Gasteiger partial charge in [-0.1, -0.05) is 20.8 Å². The van der Waals surface area contributed by atoms with Gasteiger partial charge in [0, 0.05) is 6.04 Å².